The van der Waals surface area contributed by atoms with Crippen molar-refractivity contribution in [3.8, 4) is 0 Å². The number of likely N-dealkylation sites (tertiary alicyclic amines) is 1. The molecule has 1 saturated carbocycles. The average molecular weight is 301 g/mol. The normalized spacial score (nSPS) is 27.9. The van der Waals surface area contributed by atoms with E-state index in [-0.39, 0.29) is 36.5 Å². The van der Waals surface area contributed by atoms with Gasteiger partial charge in [0.1, 0.15) is 6.61 Å². The third-order valence-electron chi connectivity index (χ3n) is 4.72. The molecule has 2 atom stereocenters. The minimum absolute atomic E-state index is 0.00113. The van der Waals surface area contributed by atoms with Crippen molar-refractivity contribution >= 4 is 11.8 Å². The highest BCUT2D eigenvalue weighted by Gasteiger charge is 2.46. The molecule has 1 aromatic heterocycles. The van der Waals surface area contributed by atoms with E-state index in [2.05, 4.69) is 4.98 Å². The lowest BCUT2D eigenvalue weighted by Gasteiger charge is -2.36. The molecular weight excluding hydrogens is 282 g/mol. The van der Waals surface area contributed by atoms with Gasteiger partial charge >= 0.3 is 0 Å². The zero-order valence-corrected chi connectivity index (χ0v) is 12.4. The number of ether oxygens (including phenoxy) is 1. The van der Waals surface area contributed by atoms with E-state index in [0.29, 0.717) is 19.6 Å². The highest BCUT2D eigenvalue weighted by atomic mass is 16.5. The summed E-state index contributed by atoms with van der Waals surface area (Å²) >= 11 is 0. The van der Waals surface area contributed by atoms with Gasteiger partial charge in [-0.2, -0.15) is 0 Å². The van der Waals surface area contributed by atoms with E-state index in [1.165, 1.54) is 0 Å². The largest absolute Gasteiger partial charge is 0.364 e. The standard InChI is InChI=1S/C16H19N3O3/c20-15-10-22-14-9-18(16(21)12-1-2-12)8-13(14)19(15)7-11-3-5-17-6-4-11/h3-6,12-14H,1-2,7-10H2/t13-,14+/m1/s1. The molecule has 1 aromatic rings. The molecule has 3 fully saturated rings. The van der Waals surface area contributed by atoms with Gasteiger partial charge in [0.25, 0.3) is 0 Å². The number of hydrogen-bond donors (Lipinski definition) is 0. The second-order valence-corrected chi connectivity index (χ2v) is 6.31. The van der Waals surface area contributed by atoms with Gasteiger partial charge in [-0.05, 0) is 30.5 Å². The Bertz CT molecular complexity index is 588. The molecule has 3 heterocycles. The fraction of sp³-hybridized carbons (Fsp3) is 0.562. The van der Waals surface area contributed by atoms with Gasteiger partial charge in [-0.25, -0.2) is 0 Å². The van der Waals surface area contributed by atoms with E-state index in [4.69, 9.17) is 4.74 Å². The van der Waals surface area contributed by atoms with Crippen LogP contribution < -0.4 is 0 Å². The van der Waals surface area contributed by atoms with Crippen LogP contribution in [0.1, 0.15) is 18.4 Å². The summed E-state index contributed by atoms with van der Waals surface area (Å²) in [6.45, 7) is 1.87. The van der Waals surface area contributed by atoms with Crippen LogP contribution in [0.4, 0.5) is 0 Å². The van der Waals surface area contributed by atoms with Gasteiger partial charge in [0.2, 0.25) is 11.8 Å². The van der Waals surface area contributed by atoms with Crippen LogP contribution in [-0.2, 0) is 20.9 Å². The lowest BCUT2D eigenvalue weighted by Crippen LogP contribution is -2.53. The second kappa shape index (κ2) is 5.35. The molecule has 6 nitrogen and oxygen atoms in total. The number of fused-ring (bicyclic) bond motifs is 1. The Kier molecular flexibility index (Phi) is 3.33. The van der Waals surface area contributed by atoms with Gasteiger partial charge in [0.15, 0.2) is 0 Å². The summed E-state index contributed by atoms with van der Waals surface area (Å²) in [5, 5.41) is 0. The molecule has 2 saturated heterocycles. The van der Waals surface area contributed by atoms with E-state index < -0.39 is 0 Å². The number of carbonyl (C=O) groups is 2. The topological polar surface area (TPSA) is 62.7 Å². The van der Waals surface area contributed by atoms with Gasteiger partial charge < -0.3 is 14.5 Å². The summed E-state index contributed by atoms with van der Waals surface area (Å²) in [4.78, 5) is 32.3. The molecule has 6 heteroatoms. The summed E-state index contributed by atoms with van der Waals surface area (Å²) < 4.78 is 5.67. The molecule has 4 rings (SSSR count). The van der Waals surface area contributed by atoms with Crippen molar-refractivity contribution in [2.24, 2.45) is 5.92 Å². The number of pyridine rings is 1. The molecule has 0 spiro atoms. The van der Waals surface area contributed by atoms with Crippen LogP contribution in [-0.4, -0.2) is 58.4 Å². The summed E-state index contributed by atoms with van der Waals surface area (Å²) in [7, 11) is 0. The first-order valence-electron chi connectivity index (χ1n) is 7.81. The highest BCUT2D eigenvalue weighted by Crippen LogP contribution is 2.34. The van der Waals surface area contributed by atoms with E-state index >= 15 is 0 Å². The lowest BCUT2D eigenvalue weighted by atomic mass is 10.1. The van der Waals surface area contributed by atoms with Crippen LogP contribution in [0.15, 0.2) is 24.5 Å². The molecule has 2 amide bonds. The molecular formula is C16H19N3O3. The smallest absolute Gasteiger partial charge is 0.249 e. The molecule has 0 N–H and O–H groups in total. The van der Waals surface area contributed by atoms with Crippen molar-refractivity contribution in [2.45, 2.75) is 31.5 Å². The predicted octanol–water partition coefficient (Wildman–Crippen LogP) is 0.430. The number of carbonyl (C=O) groups excluding carboxylic acids is 2. The maximum absolute atomic E-state index is 12.3. The number of hydrogen-bond acceptors (Lipinski definition) is 4. The number of aromatic nitrogens is 1. The molecule has 0 radical (unpaired) electrons. The second-order valence-electron chi connectivity index (χ2n) is 6.31. The molecule has 1 aliphatic carbocycles. The Morgan fingerprint density at radius 2 is 2.05 bits per heavy atom. The Morgan fingerprint density at radius 1 is 1.27 bits per heavy atom. The van der Waals surface area contributed by atoms with Crippen LogP contribution in [0.3, 0.4) is 0 Å². The van der Waals surface area contributed by atoms with Crippen molar-refractivity contribution in [3.05, 3.63) is 30.1 Å². The zero-order valence-electron chi connectivity index (χ0n) is 12.4. The van der Waals surface area contributed by atoms with Crippen LogP contribution in [0.2, 0.25) is 0 Å². The lowest BCUT2D eigenvalue weighted by molar-refractivity contribution is -0.153. The third kappa shape index (κ3) is 2.47. The Morgan fingerprint density at radius 3 is 2.77 bits per heavy atom. The number of nitrogens with zero attached hydrogens (tertiary/aromatic N) is 3. The number of amides is 2. The van der Waals surface area contributed by atoms with Crippen LogP contribution in [0.5, 0.6) is 0 Å². The van der Waals surface area contributed by atoms with E-state index in [1.54, 1.807) is 12.4 Å². The monoisotopic (exact) mass is 301 g/mol. The predicted molar refractivity (Wildman–Crippen MR) is 77.6 cm³/mol. The molecule has 116 valence electrons. The zero-order chi connectivity index (χ0) is 15.1. The molecule has 0 aromatic carbocycles. The first-order valence-corrected chi connectivity index (χ1v) is 7.81. The first-order chi connectivity index (χ1) is 10.7. The number of morpholine rings is 1. The van der Waals surface area contributed by atoms with Crippen molar-refractivity contribution in [3.63, 3.8) is 0 Å². The maximum Gasteiger partial charge on any atom is 0.249 e. The fourth-order valence-electron chi connectivity index (χ4n) is 3.32. The molecule has 22 heavy (non-hydrogen) atoms. The quantitative estimate of drug-likeness (QED) is 0.812. The van der Waals surface area contributed by atoms with E-state index in [1.807, 2.05) is 21.9 Å². The van der Waals surface area contributed by atoms with Gasteiger partial charge in [0.05, 0.1) is 12.1 Å². The van der Waals surface area contributed by atoms with Crippen molar-refractivity contribution in [2.75, 3.05) is 19.7 Å². The molecule has 3 aliphatic rings. The van der Waals surface area contributed by atoms with E-state index in [0.717, 1.165) is 18.4 Å². The SMILES string of the molecule is O=C(C1CC1)N1C[C@@H]2OCC(=O)N(Cc3ccncc3)[C@@H]2C1. The Labute approximate surface area is 129 Å². The minimum atomic E-state index is -0.0535. The van der Waals surface area contributed by atoms with Gasteiger partial charge in [-0.1, -0.05) is 0 Å². The van der Waals surface area contributed by atoms with Crippen molar-refractivity contribution in [1.29, 1.82) is 0 Å². The van der Waals surface area contributed by atoms with E-state index in [9.17, 15) is 9.59 Å². The molecule has 0 bridgehead atoms. The van der Waals surface area contributed by atoms with Crippen LogP contribution in [0.25, 0.3) is 0 Å². The third-order valence-corrected chi connectivity index (χ3v) is 4.72. The van der Waals surface area contributed by atoms with Gasteiger partial charge in [-0.3, -0.25) is 14.6 Å². The van der Waals surface area contributed by atoms with Crippen LogP contribution >= 0.6 is 0 Å². The summed E-state index contributed by atoms with van der Waals surface area (Å²) in [6, 6.07) is 3.80. The molecule has 0 unspecified atom stereocenters. The van der Waals surface area contributed by atoms with Crippen LogP contribution in [0, 0.1) is 5.92 Å². The van der Waals surface area contributed by atoms with Gasteiger partial charge in [0, 0.05) is 37.9 Å². The summed E-state index contributed by atoms with van der Waals surface area (Å²) in [6.07, 6.45) is 5.42. The van der Waals surface area contributed by atoms with Crippen molar-refractivity contribution < 1.29 is 14.3 Å². The average Bonchev–Trinajstić information content (AvgIpc) is 3.29. The number of rotatable bonds is 3. The Balaban J connectivity index is 1.50. The summed E-state index contributed by atoms with van der Waals surface area (Å²) in [5.41, 5.74) is 1.05. The minimum Gasteiger partial charge on any atom is -0.364 e. The van der Waals surface area contributed by atoms with Gasteiger partial charge in [-0.15, -0.1) is 0 Å². The van der Waals surface area contributed by atoms with Crippen molar-refractivity contribution in [1.82, 2.24) is 14.8 Å². The highest BCUT2D eigenvalue weighted by molar-refractivity contribution is 5.82. The molecule has 2 aliphatic heterocycles. The summed E-state index contributed by atoms with van der Waals surface area (Å²) in [5.74, 6) is 0.442. The maximum atomic E-state index is 12.3. The Hall–Kier alpha value is -1.95. The first kappa shape index (κ1) is 13.7. The fourth-order valence-corrected chi connectivity index (χ4v) is 3.32.